The molecule has 2 aromatic carbocycles. The van der Waals surface area contributed by atoms with E-state index < -0.39 is 14.7 Å². The summed E-state index contributed by atoms with van der Waals surface area (Å²) in [5.41, 5.74) is 6.95. The number of carbonyl (C=O) groups is 1. The van der Waals surface area contributed by atoms with Crippen LogP contribution in [0.4, 0.5) is 0 Å². The molecule has 1 N–H and O–H groups in total. The standard InChI is InChI=1S/C18H19AsN2O/c1-19(2)10-11-20-18(22)15-8-5-7-14-12-13-6-3-4-9-16(13)21-17(14)15/h3-9,12H,10-11H2,1-2H3,(H,20,22). The summed E-state index contributed by atoms with van der Waals surface area (Å²) < 4.78 is 0. The second kappa shape index (κ2) is 6.49. The molecule has 0 saturated heterocycles. The Hall–Kier alpha value is -1.86. The molecular weight excluding hydrogens is 335 g/mol. The third-order valence-corrected chi connectivity index (χ3v) is 5.98. The van der Waals surface area contributed by atoms with Crippen molar-refractivity contribution in [2.75, 3.05) is 6.54 Å². The summed E-state index contributed by atoms with van der Waals surface area (Å²) in [6.07, 6.45) is 0. The van der Waals surface area contributed by atoms with Crippen LogP contribution in [-0.2, 0) is 0 Å². The van der Waals surface area contributed by atoms with Crippen LogP contribution in [0.3, 0.4) is 0 Å². The molecule has 1 heterocycles. The molecule has 0 fully saturated rings. The normalized spacial score (nSPS) is 11.2. The van der Waals surface area contributed by atoms with Gasteiger partial charge in [0.2, 0.25) is 0 Å². The van der Waals surface area contributed by atoms with Gasteiger partial charge < -0.3 is 0 Å². The fraction of sp³-hybridized carbons (Fsp3) is 0.222. The number of hydrogen-bond acceptors (Lipinski definition) is 2. The summed E-state index contributed by atoms with van der Waals surface area (Å²) >= 11 is -0.697. The summed E-state index contributed by atoms with van der Waals surface area (Å²) in [6.45, 7) is 0.760. The van der Waals surface area contributed by atoms with E-state index >= 15 is 0 Å². The van der Waals surface area contributed by atoms with Gasteiger partial charge in [-0.25, -0.2) is 0 Å². The van der Waals surface area contributed by atoms with Gasteiger partial charge in [0.05, 0.1) is 0 Å². The van der Waals surface area contributed by atoms with E-state index in [4.69, 9.17) is 4.98 Å². The van der Waals surface area contributed by atoms with Gasteiger partial charge in [-0.1, -0.05) is 0 Å². The number of pyridine rings is 1. The number of hydrogen-bond donors (Lipinski definition) is 1. The minimum atomic E-state index is -0.697. The van der Waals surface area contributed by atoms with Crippen LogP contribution in [0.5, 0.6) is 0 Å². The second-order valence-electron chi connectivity index (χ2n) is 5.62. The molecular formula is C18H19AsN2O. The van der Waals surface area contributed by atoms with Crippen molar-refractivity contribution in [3.8, 4) is 0 Å². The molecule has 1 aromatic heterocycles. The zero-order valence-electron chi connectivity index (χ0n) is 12.8. The van der Waals surface area contributed by atoms with Crippen molar-refractivity contribution in [2.24, 2.45) is 0 Å². The third-order valence-electron chi connectivity index (χ3n) is 3.64. The Morgan fingerprint density at radius 2 is 1.86 bits per heavy atom. The first-order valence-corrected chi connectivity index (χ1v) is 12.4. The molecule has 0 unspecified atom stereocenters. The molecule has 0 spiro atoms. The molecule has 0 aliphatic carbocycles. The molecule has 3 aromatic rings. The summed E-state index contributed by atoms with van der Waals surface area (Å²) in [7, 11) is 0. The number of fused-ring (bicyclic) bond motifs is 2. The van der Waals surface area contributed by atoms with Crippen molar-refractivity contribution < 1.29 is 4.79 Å². The molecule has 0 bridgehead atoms. The monoisotopic (exact) mass is 354 g/mol. The Bertz CT molecular complexity index is 830. The number of rotatable bonds is 4. The van der Waals surface area contributed by atoms with Gasteiger partial charge in [-0.3, -0.25) is 0 Å². The number of para-hydroxylation sites is 2. The number of benzene rings is 2. The number of aromatic nitrogens is 1. The van der Waals surface area contributed by atoms with Crippen molar-refractivity contribution in [1.82, 2.24) is 10.3 Å². The van der Waals surface area contributed by atoms with E-state index in [-0.39, 0.29) is 5.91 Å². The maximum atomic E-state index is 12.4. The van der Waals surface area contributed by atoms with Crippen LogP contribution >= 0.6 is 0 Å². The first-order valence-electron chi connectivity index (χ1n) is 7.36. The predicted octanol–water partition coefficient (Wildman–Crippen LogP) is 3.87. The molecule has 0 aliphatic heterocycles. The number of nitrogens with zero attached hydrogens (tertiary/aromatic N) is 1. The average molecular weight is 354 g/mol. The zero-order chi connectivity index (χ0) is 15.5. The molecule has 0 aliphatic rings. The molecule has 4 heteroatoms. The van der Waals surface area contributed by atoms with Crippen molar-refractivity contribution in [1.29, 1.82) is 0 Å². The van der Waals surface area contributed by atoms with Crippen molar-refractivity contribution in [3.63, 3.8) is 0 Å². The first-order chi connectivity index (χ1) is 10.6. The van der Waals surface area contributed by atoms with Crippen LogP contribution in [-0.4, -0.2) is 32.1 Å². The molecule has 3 rings (SSSR count). The van der Waals surface area contributed by atoms with Gasteiger partial charge in [0, 0.05) is 0 Å². The molecule has 22 heavy (non-hydrogen) atoms. The van der Waals surface area contributed by atoms with Gasteiger partial charge in [0.25, 0.3) is 0 Å². The quantitative estimate of drug-likeness (QED) is 0.571. The van der Waals surface area contributed by atoms with Crippen LogP contribution in [0.15, 0.2) is 48.5 Å². The fourth-order valence-electron chi connectivity index (χ4n) is 2.47. The van der Waals surface area contributed by atoms with E-state index in [2.05, 4.69) is 22.8 Å². The van der Waals surface area contributed by atoms with Gasteiger partial charge in [0.1, 0.15) is 0 Å². The summed E-state index contributed by atoms with van der Waals surface area (Å²) in [4.78, 5) is 17.1. The second-order valence-corrected chi connectivity index (χ2v) is 11.1. The van der Waals surface area contributed by atoms with E-state index in [1.165, 1.54) is 0 Å². The van der Waals surface area contributed by atoms with Gasteiger partial charge >= 0.3 is 135 Å². The third kappa shape index (κ3) is 3.15. The summed E-state index contributed by atoms with van der Waals surface area (Å²) in [5.74, 6) is -0.0239. The van der Waals surface area contributed by atoms with Crippen LogP contribution in [0.25, 0.3) is 21.8 Å². The molecule has 3 nitrogen and oxygen atoms in total. The predicted molar refractivity (Wildman–Crippen MR) is 93.9 cm³/mol. The van der Waals surface area contributed by atoms with E-state index in [1.54, 1.807) is 0 Å². The van der Waals surface area contributed by atoms with E-state index in [0.717, 1.165) is 33.6 Å². The topological polar surface area (TPSA) is 42.0 Å². The van der Waals surface area contributed by atoms with Crippen molar-refractivity contribution >= 4 is 42.4 Å². The summed E-state index contributed by atoms with van der Waals surface area (Å²) in [5, 5.41) is 6.25. The number of amides is 1. The van der Waals surface area contributed by atoms with Crippen LogP contribution in [0.1, 0.15) is 10.4 Å². The summed E-state index contributed by atoms with van der Waals surface area (Å²) in [6, 6.07) is 15.9. The van der Waals surface area contributed by atoms with Crippen LogP contribution in [0.2, 0.25) is 16.6 Å². The Morgan fingerprint density at radius 3 is 2.68 bits per heavy atom. The SMILES string of the molecule is C[As](C)CCNC(=O)c1cccc2cc3ccccc3nc12. The molecule has 0 radical (unpaired) electrons. The maximum absolute atomic E-state index is 12.4. The zero-order valence-corrected chi connectivity index (χ0v) is 14.7. The Labute approximate surface area is 135 Å². The molecule has 1 amide bonds. The Kier molecular flexibility index (Phi) is 4.44. The Balaban J connectivity index is 1.98. The molecule has 0 atom stereocenters. The minimum absolute atomic E-state index is 0.0239. The molecule has 112 valence electrons. The first kappa shape index (κ1) is 15.1. The van der Waals surface area contributed by atoms with Gasteiger partial charge in [0.15, 0.2) is 0 Å². The molecule has 0 saturated carbocycles. The van der Waals surface area contributed by atoms with E-state index in [9.17, 15) is 4.79 Å². The van der Waals surface area contributed by atoms with Crippen LogP contribution in [0, 0.1) is 0 Å². The van der Waals surface area contributed by atoms with Crippen molar-refractivity contribution in [3.05, 3.63) is 54.1 Å². The van der Waals surface area contributed by atoms with Crippen LogP contribution < -0.4 is 5.32 Å². The van der Waals surface area contributed by atoms with Gasteiger partial charge in [-0.15, -0.1) is 0 Å². The average Bonchev–Trinajstić information content (AvgIpc) is 2.51. The number of nitrogens with one attached hydrogen (secondary N) is 1. The van der Waals surface area contributed by atoms with Gasteiger partial charge in [-0.05, 0) is 0 Å². The number of carbonyl (C=O) groups excluding carboxylic acids is 1. The fourth-order valence-corrected chi connectivity index (χ4v) is 3.65. The van der Waals surface area contributed by atoms with E-state index in [1.807, 2.05) is 42.5 Å². The van der Waals surface area contributed by atoms with E-state index in [0.29, 0.717) is 5.56 Å². The Morgan fingerprint density at radius 1 is 1.09 bits per heavy atom. The van der Waals surface area contributed by atoms with Crippen molar-refractivity contribution in [2.45, 2.75) is 16.6 Å². The van der Waals surface area contributed by atoms with Gasteiger partial charge in [-0.2, -0.15) is 0 Å².